The lowest BCUT2D eigenvalue weighted by Crippen LogP contribution is -2.30. The van der Waals surface area contributed by atoms with E-state index in [4.69, 9.17) is 4.98 Å². The molecule has 0 saturated carbocycles. The minimum absolute atomic E-state index is 0.0387. The summed E-state index contributed by atoms with van der Waals surface area (Å²) in [5, 5.41) is 1.52. The van der Waals surface area contributed by atoms with Crippen LogP contribution in [0.25, 0.3) is 15.9 Å². The average Bonchev–Trinajstić information content (AvgIpc) is 3.17. The van der Waals surface area contributed by atoms with Crippen molar-refractivity contribution in [1.82, 2.24) is 14.5 Å². The lowest BCUT2D eigenvalue weighted by molar-refractivity contribution is 0.249. The molecule has 1 aliphatic heterocycles. The number of thioether (sulfide) groups is 1. The third-order valence-electron chi connectivity index (χ3n) is 5.52. The van der Waals surface area contributed by atoms with Crippen LogP contribution in [-0.4, -0.2) is 26.7 Å². The molecule has 0 amide bonds. The maximum Gasteiger partial charge on any atom is 0.267 e. The third-order valence-corrected chi connectivity index (χ3v) is 7.56. The van der Waals surface area contributed by atoms with Gasteiger partial charge in [0.1, 0.15) is 4.83 Å². The Balaban J connectivity index is 1.57. The number of hydrogen-bond acceptors (Lipinski definition) is 5. The molecule has 5 rings (SSSR count). The van der Waals surface area contributed by atoms with Crippen molar-refractivity contribution >= 4 is 33.3 Å². The molecule has 2 aromatic heterocycles. The molecule has 4 nitrogen and oxygen atoms in total. The summed E-state index contributed by atoms with van der Waals surface area (Å²) in [5.41, 5.74) is 3.40. The van der Waals surface area contributed by atoms with E-state index in [1.54, 1.807) is 27.7 Å². The fraction of sp³-hybridized carbons (Fsp3) is 0.200. The van der Waals surface area contributed by atoms with Gasteiger partial charge in [-0.05, 0) is 29.7 Å². The Morgan fingerprint density at radius 2 is 1.84 bits per heavy atom. The van der Waals surface area contributed by atoms with Gasteiger partial charge in [0.05, 0.1) is 11.1 Å². The molecule has 0 bridgehead atoms. The molecule has 2 aromatic carbocycles. The maximum atomic E-state index is 13.7. The Labute approximate surface area is 189 Å². The molecule has 6 heteroatoms. The summed E-state index contributed by atoms with van der Waals surface area (Å²) in [6.45, 7) is 6.56. The molecular formula is C25H23N3OS2. The third kappa shape index (κ3) is 3.99. The second-order valence-corrected chi connectivity index (χ2v) is 9.67. The van der Waals surface area contributed by atoms with Crippen molar-refractivity contribution in [2.24, 2.45) is 0 Å². The average molecular weight is 446 g/mol. The zero-order valence-electron chi connectivity index (χ0n) is 17.2. The second kappa shape index (κ2) is 8.83. The number of para-hydroxylation sites is 1. The van der Waals surface area contributed by atoms with Gasteiger partial charge in [-0.15, -0.1) is 17.9 Å². The van der Waals surface area contributed by atoms with Crippen molar-refractivity contribution in [2.75, 3.05) is 12.3 Å². The summed E-state index contributed by atoms with van der Waals surface area (Å²) in [5.74, 6) is 0.709. The fourth-order valence-electron chi connectivity index (χ4n) is 4.09. The smallest absolute Gasteiger partial charge is 0.267 e. The standard InChI is InChI=1S/C25H23N3OS2/c1-2-15-30-25-26-23-22(24(29)28(25)19-11-7-4-8-12-19)20-13-14-27(17-21(20)31-23)16-18-9-5-3-6-10-18/h2-12H,1,13-17H2. The van der Waals surface area contributed by atoms with E-state index in [-0.39, 0.29) is 5.56 Å². The highest BCUT2D eigenvalue weighted by molar-refractivity contribution is 7.99. The van der Waals surface area contributed by atoms with Crippen LogP contribution in [0.3, 0.4) is 0 Å². The monoisotopic (exact) mass is 445 g/mol. The molecule has 0 spiro atoms. The molecule has 0 unspecified atom stereocenters. The van der Waals surface area contributed by atoms with Crippen LogP contribution in [0.2, 0.25) is 0 Å². The first-order valence-electron chi connectivity index (χ1n) is 10.4. The largest absolute Gasteiger partial charge is 0.294 e. The maximum absolute atomic E-state index is 13.7. The Morgan fingerprint density at radius 1 is 1.10 bits per heavy atom. The van der Waals surface area contributed by atoms with E-state index in [9.17, 15) is 4.79 Å². The van der Waals surface area contributed by atoms with E-state index in [2.05, 4.69) is 41.8 Å². The molecule has 1 aliphatic rings. The van der Waals surface area contributed by atoms with E-state index in [1.165, 1.54) is 16.0 Å². The van der Waals surface area contributed by atoms with Crippen LogP contribution < -0.4 is 5.56 Å². The Hall–Kier alpha value is -2.67. The van der Waals surface area contributed by atoms with Crippen molar-refractivity contribution in [2.45, 2.75) is 24.7 Å². The first-order chi connectivity index (χ1) is 15.2. The highest BCUT2D eigenvalue weighted by Gasteiger charge is 2.25. The van der Waals surface area contributed by atoms with E-state index in [0.29, 0.717) is 5.75 Å². The van der Waals surface area contributed by atoms with Gasteiger partial charge in [0.2, 0.25) is 0 Å². The molecule has 4 aromatic rings. The van der Waals surface area contributed by atoms with E-state index < -0.39 is 0 Å². The van der Waals surface area contributed by atoms with Crippen molar-refractivity contribution in [1.29, 1.82) is 0 Å². The van der Waals surface area contributed by atoms with Crippen LogP contribution in [0.5, 0.6) is 0 Å². The summed E-state index contributed by atoms with van der Waals surface area (Å²) in [6.07, 6.45) is 2.73. The number of fused-ring (bicyclic) bond motifs is 3. The summed E-state index contributed by atoms with van der Waals surface area (Å²) in [4.78, 5) is 23.2. The molecule has 3 heterocycles. The lowest BCUT2D eigenvalue weighted by Gasteiger charge is -2.26. The van der Waals surface area contributed by atoms with Crippen LogP contribution in [-0.2, 0) is 19.5 Å². The molecule has 156 valence electrons. The number of hydrogen-bond donors (Lipinski definition) is 0. The summed E-state index contributed by atoms with van der Waals surface area (Å²) in [7, 11) is 0. The summed E-state index contributed by atoms with van der Waals surface area (Å²) in [6, 6.07) is 20.4. The number of nitrogens with zero attached hydrogens (tertiary/aromatic N) is 3. The van der Waals surface area contributed by atoms with Gasteiger partial charge in [0.25, 0.3) is 5.56 Å². The Morgan fingerprint density at radius 3 is 2.58 bits per heavy atom. The number of thiophene rings is 1. The quantitative estimate of drug-likeness (QED) is 0.230. The first kappa shape index (κ1) is 20.2. The van der Waals surface area contributed by atoms with E-state index in [1.807, 2.05) is 36.4 Å². The molecule has 0 atom stereocenters. The normalized spacial score (nSPS) is 13.9. The van der Waals surface area contributed by atoms with Crippen molar-refractivity contribution < 1.29 is 0 Å². The van der Waals surface area contributed by atoms with Gasteiger partial charge in [0.15, 0.2) is 5.16 Å². The van der Waals surface area contributed by atoms with Crippen molar-refractivity contribution in [3.8, 4) is 5.69 Å². The zero-order chi connectivity index (χ0) is 21.2. The molecule has 0 saturated heterocycles. The van der Waals surface area contributed by atoms with Gasteiger partial charge < -0.3 is 0 Å². The fourth-order valence-corrected chi connectivity index (χ4v) is 6.14. The molecular weight excluding hydrogens is 422 g/mol. The Bertz CT molecular complexity index is 1280. The second-order valence-electron chi connectivity index (χ2n) is 7.60. The Kier molecular flexibility index (Phi) is 5.76. The summed E-state index contributed by atoms with van der Waals surface area (Å²) < 4.78 is 1.76. The molecule has 0 aliphatic carbocycles. The highest BCUT2D eigenvalue weighted by Crippen LogP contribution is 2.34. The number of benzene rings is 2. The van der Waals surface area contributed by atoms with Gasteiger partial charge in [-0.1, -0.05) is 66.4 Å². The van der Waals surface area contributed by atoms with Crippen molar-refractivity contribution in [3.63, 3.8) is 0 Å². The van der Waals surface area contributed by atoms with Gasteiger partial charge in [-0.2, -0.15) is 0 Å². The zero-order valence-corrected chi connectivity index (χ0v) is 18.8. The minimum Gasteiger partial charge on any atom is -0.294 e. The van der Waals surface area contributed by atoms with Crippen LogP contribution in [0.15, 0.2) is 83.3 Å². The van der Waals surface area contributed by atoms with Crippen LogP contribution in [0.4, 0.5) is 0 Å². The predicted molar refractivity (Wildman–Crippen MR) is 130 cm³/mol. The molecule has 0 fully saturated rings. The van der Waals surface area contributed by atoms with E-state index >= 15 is 0 Å². The van der Waals surface area contributed by atoms with Gasteiger partial charge in [0, 0.05) is 30.3 Å². The highest BCUT2D eigenvalue weighted by atomic mass is 32.2. The SMILES string of the molecule is C=CCSc1nc2sc3c(c2c(=O)n1-c1ccccc1)CCN(Cc1ccccc1)C3. The minimum atomic E-state index is 0.0387. The lowest BCUT2D eigenvalue weighted by atomic mass is 10.0. The van der Waals surface area contributed by atoms with Crippen LogP contribution >= 0.6 is 23.1 Å². The first-order valence-corrected chi connectivity index (χ1v) is 12.2. The number of rotatable bonds is 6. The van der Waals surface area contributed by atoms with Gasteiger partial charge >= 0.3 is 0 Å². The van der Waals surface area contributed by atoms with E-state index in [0.717, 1.165) is 47.1 Å². The number of aromatic nitrogens is 2. The summed E-state index contributed by atoms with van der Waals surface area (Å²) >= 11 is 3.22. The molecule has 0 N–H and O–H groups in total. The molecule has 0 radical (unpaired) electrons. The van der Waals surface area contributed by atoms with Gasteiger partial charge in [-0.3, -0.25) is 14.3 Å². The van der Waals surface area contributed by atoms with Gasteiger partial charge in [-0.25, -0.2) is 4.98 Å². The topological polar surface area (TPSA) is 38.1 Å². The van der Waals surface area contributed by atoms with Crippen LogP contribution in [0, 0.1) is 0 Å². The molecule has 31 heavy (non-hydrogen) atoms. The van der Waals surface area contributed by atoms with Crippen LogP contribution in [0.1, 0.15) is 16.0 Å². The van der Waals surface area contributed by atoms with Crippen molar-refractivity contribution in [3.05, 3.63) is 99.7 Å². The predicted octanol–water partition coefficient (Wildman–Crippen LogP) is 5.28.